The van der Waals surface area contributed by atoms with Crippen LogP contribution in [0.25, 0.3) is 6.08 Å². The summed E-state index contributed by atoms with van der Waals surface area (Å²) in [5, 5.41) is 10.2. The Morgan fingerprint density at radius 3 is 2.52 bits per heavy atom. The standard InChI is InChI=1S/C26H31BrO2/c1-25-11-9-20(28)15-18(25)5-8-21-22(25)10-12-26(2)23(21)14-17(24(26)29)13-16-3-6-19(27)7-4-16/h3-7,13,20-23,28H,8-12,14-15H2,1-2H3/b17-13+/t20-,21-,22+,23+,25-,26+/m0/s1. The third-order valence-electron chi connectivity index (χ3n) is 8.93. The molecule has 4 aliphatic carbocycles. The fourth-order valence-electron chi connectivity index (χ4n) is 7.20. The Bertz CT molecular complexity index is 898. The molecule has 1 aromatic rings. The van der Waals surface area contributed by atoms with Gasteiger partial charge in [-0.25, -0.2) is 0 Å². The maximum Gasteiger partial charge on any atom is 0.165 e. The van der Waals surface area contributed by atoms with Crippen molar-refractivity contribution in [1.82, 2.24) is 0 Å². The first kappa shape index (κ1) is 19.8. The van der Waals surface area contributed by atoms with Crippen molar-refractivity contribution in [3.05, 3.63) is 51.5 Å². The molecular formula is C26H31BrO2. The zero-order chi connectivity index (χ0) is 20.4. The molecule has 154 valence electrons. The van der Waals surface area contributed by atoms with E-state index in [-0.39, 0.29) is 16.9 Å². The number of Topliss-reactive ketones (excluding diaryl/α,β-unsaturated/α-hetero) is 1. The maximum absolute atomic E-state index is 13.5. The molecule has 0 spiro atoms. The van der Waals surface area contributed by atoms with Crippen molar-refractivity contribution < 1.29 is 9.90 Å². The molecule has 1 N–H and O–H groups in total. The highest BCUT2D eigenvalue weighted by atomic mass is 79.9. The molecule has 5 rings (SSSR count). The molecule has 0 bridgehead atoms. The van der Waals surface area contributed by atoms with E-state index in [2.05, 4.69) is 54.1 Å². The van der Waals surface area contributed by atoms with Gasteiger partial charge in [-0.05, 0) is 97.5 Å². The molecule has 0 saturated heterocycles. The predicted octanol–water partition coefficient (Wildman–Crippen LogP) is 6.34. The Labute approximate surface area is 182 Å². The Hall–Kier alpha value is -1.19. The molecule has 0 aromatic heterocycles. The van der Waals surface area contributed by atoms with Gasteiger partial charge in [-0.1, -0.05) is 53.6 Å². The summed E-state index contributed by atoms with van der Waals surface area (Å²) >= 11 is 3.49. The number of allylic oxidation sites excluding steroid dienone is 2. The number of ketones is 1. The predicted molar refractivity (Wildman–Crippen MR) is 120 cm³/mol. The highest BCUT2D eigenvalue weighted by molar-refractivity contribution is 9.10. The van der Waals surface area contributed by atoms with E-state index in [1.54, 1.807) is 0 Å². The van der Waals surface area contributed by atoms with Gasteiger partial charge < -0.3 is 5.11 Å². The van der Waals surface area contributed by atoms with Crippen LogP contribution in [0, 0.1) is 28.6 Å². The molecule has 29 heavy (non-hydrogen) atoms. The number of hydrogen-bond donors (Lipinski definition) is 1. The molecule has 0 amide bonds. The van der Waals surface area contributed by atoms with Crippen LogP contribution in [0.3, 0.4) is 0 Å². The van der Waals surface area contributed by atoms with E-state index in [0.29, 0.717) is 23.5 Å². The van der Waals surface area contributed by atoms with Gasteiger partial charge in [0.25, 0.3) is 0 Å². The molecule has 3 saturated carbocycles. The SMILES string of the molecule is C[C@@]12CC[C@@H]3[C@H](CC=C4C[C@@H](O)CC[C@@]43C)[C@H]1C/C(=C\c1ccc(Br)cc1)C2=O. The van der Waals surface area contributed by atoms with Crippen LogP contribution in [0.15, 0.2) is 46.0 Å². The lowest BCUT2D eigenvalue weighted by Gasteiger charge is -2.56. The fraction of sp³-hybridized carbons (Fsp3) is 0.577. The summed E-state index contributed by atoms with van der Waals surface area (Å²) in [7, 11) is 0. The lowest BCUT2D eigenvalue weighted by molar-refractivity contribution is -0.130. The van der Waals surface area contributed by atoms with E-state index < -0.39 is 0 Å². The van der Waals surface area contributed by atoms with E-state index in [4.69, 9.17) is 0 Å². The third-order valence-corrected chi connectivity index (χ3v) is 9.46. The van der Waals surface area contributed by atoms with Gasteiger partial charge in [0.2, 0.25) is 0 Å². The second-order valence-electron chi connectivity index (χ2n) is 10.4. The summed E-state index contributed by atoms with van der Waals surface area (Å²) in [5.74, 6) is 2.10. The molecule has 0 radical (unpaired) electrons. The number of halogens is 1. The Morgan fingerprint density at radius 1 is 1.03 bits per heavy atom. The summed E-state index contributed by atoms with van der Waals surface area (Å²) in [6.45, 7) is 4.68. The van der Waals surface area contributed by atoms with E-state index >= 15 is 0 Å². The van der Waals surface area contributed by atoms with Crippen LogP contribution >= 0.6 is 15.9 Å². The Kier molecular flexibility index (Phi) is 4.71. The Balaban J connectivity index is 1.47. The summed E-state index contributed by atoms with van der Waals surface area (Å²) in [6, 6.07) is 8.26. The second kappa shape index (κ2) is 6.92. The maximum atomic E-state index is 13.5. The molecule has 6 atom stereocenters. The number of aliphatic hydroxyl groups is 1. The number of benzene rings is 1. The summed E-state index contributed by atoms with van der Waals surface area (Å²) in [6.07, 6.45) is 11.5. The van der Waals surface area contributed by atoms with Crippen molar-refractivity contribution in [2.45, 2.75) is 64.9 Å². The third kappa shape index (κ3) is 3.03. The van der Waals surface area contributed by atoms with E-state index in [0.717, 1.165) is 60.6 Å². The minimum Gasteiger partial charge on any atom is -0.393 e. The first-order valence-electron chi connectivity index (χ1n) is 11.2. The molecular weight excluding hydrogens is 424 g/mol. The largest absolute Gasteiger partial charge is 0.393 e. The van der Waals surface area contributed by atoms with E-state index in [1.807, 2.05) is 12.1 Å². The molecule has 0 aliphatic heterocycles. The van der Waals surface area contributed by atoms with Crippen LogP contribution < -0.4 is 0 Å². The van der Waals surface area contributed by atoms with Crippen LogP contribution in [-0.4, -0.2) is 17.0 Å². The average Bonchev–Trinajstić information content (AvgIpc) is 2.95. The second-order valence-corrected chi connectivity index (χ2v) is 11.3. The van der Waals surface area contributed by atoms with Gasteiger partial charge in [0.05, 0.1) is 6.10 Å². The lowest BCUT2D eigenvalue weighted by Crippen LogP contribution is -2.50. The molecule has 3 fully saturated rings. The van der Waals surface area contributed by atoms with E-state index in [9.17, 15) is 9.90 Å². The average molecular weight is 455 g/mol. The van der Waals surface area contributed by atoms with Gasteiger partial charge in [0.15, 0.2) is 5.78 Å². The van der Waals surface area contributed by atoms with Crippen molar-refractivity contribution in [1.29, 1.82) is 0 Å². The zero-order valence-electron chi connectivity index (χ0n) is 17.5. The lowest BCUT2D eigenvalue weighted by atomic mass is 9.48. The number of fused-ring (bicyclic) bond motifs is 5. The summed E-state index contributed by atoms with van der Waals surface area (Å²) < 4.78 is 1.07. The molecule has 3 heteroatoms. The van der Waals surface area contributed by atoms with E-state index in [1.165, 1.54) is 5.57 Å². The Morgan fingerprint density at radius 2 is 1.76 bits per heavy atom. The minimum atomic E-state index is -0.196. The molecule has 0 heterocycles. The number of carbonyl (C=O) groups is 1. The minimum absolute atomic E-state index is 0.159. The first-order chi connectivity index (χ1) is 13.8. The molecule has 4 aliphatic rings. The summed E-state index contributed by atoms with van der Waals surface area (Å²) in [4.78, 5) is 13.5. The van der Waals surface area contributed by atoms with Gasteiger partial charge in [-0.3, -0.25) is 4.79 Å². The quantitative estimate of drug-likeness (QED) is 0.397. The molecule has 2 nitrogen and oxygen atoms in total. The van der Waals surface area contributed by atoms with Crippen molar-refractivity contribution in [3.63, 3.8) is 0 Å². The number of hydrogen-bond acceptors (Lipinski definition) is 2. The zero-order valence-corrected chi connectivity index (χ0v) is 19.0. The van der Waals surface area contributed by atoms with Gasteiger partial charge in [0, 0.05) is 9.89 Å². The van der Waals surface area contributed by atoms with Crippen molar-refractivity contribution in [2.75, 3.05) is 0 Å². The number of aliphatic hydroxyl groups excluding tert-OH is 1. The van der Waals surface area contributed by atoms with Gasteiger partial charge in [0.1, 0.15) is 0 Å². The van der Waals surface area contributed by atoms with Crippen LogP contribution in [-0.2, 0) is 4.79 Å². The monoisotopic (exact) mass is 454 g/mol. The number of carbonyl (C=O) groups excluding carboxylic acids is 1. The summed E-state index contributed by atoms with van der Waals surface area (Å²) in [5.41, 5.74) is 3.67. The van der Waals surface area contributed by atoms with Gasteiger partial charge >= 0.3 is 0 Å². The highest BCUT2D eigenvalue weighted by Crippen LogP contribution is 2.64. The molecule has 0 unspecified atom stereocenters. The van der Waals surface area contributed by atoms with Crippen LogP contribution in [0.2, 0.25) is 0 Å². The first-order valence-corrected chi connectivity index (χ1v) is 12.0. The molecule has 1 aromatic carbocycles. The smallest absolute Gasteiger partial charge is 0.165 e. The normalized spacial score (nSPS) is 42.8. The van der Waals surface area contributed by atoms with Crippen molar-refractivity contribution >= 4 is 27.8 Å². The fourth-order valence-corrected chi connectivity index (χ4v) is 7.47. The van der Waals surface area contributed by atoms with Crippen LogP contribution in [0.5, 0.6) is 0 Å². The van der Waals surface area contributed by atoms with Gasteiger partial charge in [-0.2, -0.15) is 0 Å². The van der Waals surface area contributed by atoms with Gasteiger partial charge in [-0.15, -0.1) is 0 Å². The topological polar surface area (TPSA) is 37.3 Å². The van der Waals surface area contributed by atoms with Crippen LogP contribution in [0.4, 0.5) is 0 Å². The van der Waals surface area contributed by atoms with Crippen molar-refractivity contribution in [2.24, 2.45) is 28.6 Å². The highest BCUT2D eigenvalue weighted by Gasteiger charge is 2.59. The van der Waals surface area contributed by atoms with Crippen molar-refractivity contribution in [3.8, 4) is 0 Å². The van der Waals surface area contributed by atoms with Crippen LogP contribution in [0.1, 0.15) is 64.4 Å². The number of rotatable bonds is 1.